The number of sulfone groups is 1. The highest BCUT2D eigenvalue weighted by Crippen LogP contribution is 2.31. The zero-order valence-corrected chi connectivity index (χ0v) is 13.6. The lowest BCUT2D eigenvalue weighted by atomic mass is 9.95. The molecule has 1 heterocycles. The predicted octanol–water partition coefficient (Wildman–Crippen LogP) is 1.08. The Hall–Kier alpha value is -1.74. The maximum absolute atomic E-state index is 13.9. The molecule has 1 aliphatic rings. The summed E-state index contributed by atoms with van der Waals surface area (Å²) in [5, 5.41) is 5.17. The van der Waals surface area contributed by atoms with E-state index in [2.05, 4.69) is 15.4 Å². The minimum Gasteiger partial charge on any atom is -0.494 e. The maximum atomic E-state index is 13.9. The molecule has 0 unspecified atom stereocenters. The van der Waals surface area contributed by atoms with Crippen LogP contribution in [0.5, 0.6) is 5.75 Å². The summed E-state index contributed by atoms with van der Waals surface area (Å²) in [6.07, 6.45) is 1.11. The predicted molar refractivity (Wildman–Crippen MR) is 81.2 cm³/mol. The number of nitrogens with one attached hydrogen (secondary N) is 2. The van der Waals surface area contributed by atoms with Gasteiger partial charge in [0.1, 0.15) is 0 Å². The first-order chi connectivity index (χ1) is 10.7. The molecule has 0 radical (unpaired) electrons. The Bertz CT molecular complexity index is 716. The maximum Gasteiger partial charge on any atom is 0.246 e. The van der Waals surface area contributed by atoms with Crippen LogP contribution in [0.25, 0.3) is 0 Å². The molecule has 0 atom stereocenters. The van der Waals surface area contributed by atoms with Crippen molar-refractivity contribution >= 4 is 21.4 Å². The minimum absolute atomic E-state index is 0.0674. The van der Waals surface area contributed by atoms with Gasteiger partial charge in [0, 0.05) is 18.4 Å². The van der Waals surface area contributed by atoms with Gasteiger partial charge >= 0.3 is 0 Å². The number of carbonyl (C=O) groups is 1. The Balaban J connectivity index is 2.35. The third-order valence-electron chi connectivity index (χ3n) is 4.02. The van der Waals surface area contributed by atoms with Gasteiger partial charge < -0.3 is 15.4 Å². The second-order valence-electron chi connectivity index (χ2n) is 5.44. The number of rotatable bonds is 4. The number of carbonyl (C=O) groups excluding carboxylic acids is 1. The number of benzene rings is 1. The smallest absolute Gasteiger partial charge is 0.246 e. The molecule has 1 amide bonds. The van der Waals surface area contributed by atoms with Gasteiger partial charge in [0.15, 0.2) is 32.0 Å². The number of amides is 1. The van der Waals surface area contributed by atoms with Crippen molar-refractivity contribution in [3.05, 3.63) is 23.8 Å². The standard InChI is InChI=1S/C14H18F2N2O4S/c1-22-12-8-9(15)11(7-10(12)16)18-13(19)14(23(2,20)21)3-5-17-6-4-14/h7-8,17H,3-6H2,1-2H3,(H,18,19). The minimum atomic E-state index is -3.74. The molecule has 2 rings (SSSR count). The number of halogens is 2. The molecule has 23 heavy (non-hydrogen) atoms. The highest BCUT2D eigenvalue weighted by Gasteiger charge is 2.48. The van der Waals surface area contributed by atoms with Gasteiger partial charge in [-0.05, 0) is 25.9 Å². The molecule has 1 aliphatic heterocycles. The van der Waals surface area contributed by atoms with Crippen LogP contribution in [0.1, 0.15) is 12.8 Å². The number of methoxy groups -OCH3 is 1. The van der Waals surface area contributed by atoms with Crippen molar-refractivity contribution in [1.82, 2.24) is 5.32 Å². The Labute approximate surface area is 133 Å². The monoisotopic (exact) mass is 348 g/mol. The second kappa shape index (κ2) is 6.40. The van der Waals surface area contributed by atoms with Crippen LogP contribution in [0.15, 0.2) is 12.1 Å². The van der Waals surface area contributed by atoms with Crippen LogP contribution >= 0.6 is 0 Å². The lowest BCUT2D eigenvalue weighted by Crippen LogP contribution is -2.55. The van der Waals surface area contributed by atoms with Crippen LogP contribution in [0, 0.1) is 11.6 Å². The number of ether oxygens (including phenoxy) is 1. The SMILES string of the molecule is COc1cc(F)c(NC(=O)C2(S(C)(=O)=O)CCNCC2)cc1F. The van der Waals surface area contributed by atoms with Crippen LogP contribution in [0.3, 0.4) is 0 Å². The van der Waals surface area contributed by atoms with Crippen molar-refractivity contribution in [3.63, 3.8) is 0 Å². The summed E-state index contributed by atoms with van der Waals surface area (Å²) in [5.41, 5.74) is -0.421. The van der Waals surface area contributed by atoms with E-state index in [-0.39, 0.29) is 18.6 Å². The summed E-state index contributed by atoms with van der Waals surface area (Å²) < 4.78 is 54.8. The highest BCUT2D eigenvalue weighted by atomic mass is 32.2. The number of hydrogen-bond acceptors (Lipinski definition) is 5. The number of anilines is 1. The fourth-order valence-corrected chi connectivity index (χ4v) is 3.95. The quantitative estimate of drug-likeness (QED) is 0.851. The highest BCUT2D eigenvalue weighted by molar-refractivity contribution is 7.92. The first kappa shape index (κ1) is 17.6. The zero-order valence-electron chi connectivity index (χ0n) is 12.8. The molecule has 1 aromatic carbocycles. The van der Waals surface area contributed by atoms with Gasteiger partial charge in [-0.3, -0.25) is 4.79 Å². The summed E-state index contributed by atoms with van der Waals surface area (Å²) in [4.78, 5) is 12.5. The molecule has 2 N–H and O–H groups in total. The van der Waals surface area contributed by atoms with Gasteiger partial charge in [-0.15, -0.1) is 0 Å². The van der Waals surface area contributed by atoms with Crippen LogP contribution in [-0.4, -0.2) is 45.5 Å². The summed E-state index contributed by atoms with van der Waals surface area (Å²) in [6.45, 7) is 0.694. The summed E-state index contributed by atoms with van der Waals surface area (Å²) in [7, 11) is -2.55. The largest absolute Gasteiger partial charge is 0.494 e. The van der Waals surface area contributed by atoms with E-state index in [1.807, 2.05) is 0 Å². The normalized spacial score (nSPS) is 17.6. The first-order valence-electron chi connectivity index (χ1n) is 6.96. The van der Waals surface area contributed by atoms with E-state index >= 15 is 0 Å². The molecule has 6 nitrogen and oxygen atoms in total. The topological polar surface area (TPSA) is 84.5 Å². The fourth-order valence-electron chi connectivity index (χ4n) is 2.61. The summed E-state index contributed by atoms with van der Waals surface area (Å²) >= 11 is 0. The molecule has 0 aliphatic carbocycles. The Morgan fingerprint density at radius 1 is 1.26 bits per heavy atom. The molecule has 128 valence electrons. The summed E-state index contributed by atoms with van der Waals surface area (Å²) in [5.74, 6) is -2.93. The third-order valence-corrected chi connectivity index (χ3v) is 6.04. The van der Waals surface area contributed by atoms with Gasteiger partial charge in [-0.1, -0.05) is 0 Å². The molecular weight excluding hydrogens is 330 g/mol. The van der Waals surface area contributed by atoms with Crippen LogP contribution in [0.4, 0.5) is 14.5 Å². The lowest BCUT2D eigenvalue weighted by molar-refractivity contribution is -0.119. The fraction of sp³-hybridized carbons (Fsp3) is 0.500. The molecule has 1 aromatic rings. The Morgan fingerprint density at radius 2 is 1.87 bits per heavy atom. The molecule has 1 saturated heterocycles. The lowest BCUT2D eigenvalue weighted by Gasteiger charge is -2.34. The van der Waals surface area contributed by atoms with E-state index in [1.54, 1.807) is 0 Å². The molecular formula is C14H18F2N2O4S. The van der Waals surface area contributed by atoms with Crippen molar-refractivity contribution in [2.45, 2.75) is 17.6 Å². The van der Waals surface area contributed by atoms with E-state index in [0.717, 1.165) is 18.4 Å². The van der Waals surface area contributed by atoms with Crippen LogP contribution in [0.2, 0.25) is 0 Å². The average Bonchev–Trinajstić information content (AvgIpc) is 2.50. The van der Waals surface area contributed by atoms with Gasteiger partial charge in [-0.25, -0.2) is 17.2 Å². The molecule has 0 aromatic heterocycles. The van der Waals surface area contributed by atoms with E-state index in [0.29, 0.717) is 13.1 Å². The van der Waals surface area contributed by atoms with Crippen LogP contribution in [-0.2, 0) is 14.6 Å². The average molecular weight is 348 g/mol. The Kier molecular flexibility index (Phi) is 4.90. The molecule has 0 spiro atoms. The van der Waals surface area contributed by atoms with Crippen molar-refractivity contribution in [3.8, 4) is 5.75 Å². The molecule has 0 bridgehead atoms. The van der Waals surface area contributed by atoms with Gasteiger partial charge in [0.2, 0.25) is 5.91 Å². The first-order valence-corrected chi connectivity index (χ1v) is 8.85. The number of hydrogen-bond donors (Lipinski definition) is 2. The van der Waals surface area contributed by atoms with Gasteiger partial charge in [0.05, 0.1) is 12.8 Å². The van der Waals surface area contributed by atoms with Crippen LogP contribution < -0.4 is 15.4 Å². The zero-order chi connectivity index (χ0) is 17.3. The molecule has 0 saturated carbocycles. The number of piperidine rings is 1. The Morgan fingerprint density at radius 3 is 2.39 bits per heavy atom. The van der Waals surface area contributed by atoms with E-state index in [4.69, 9.17) is 0 Å². The van der Waals surface area contributed by atoms with Crippen molar-refractivity contribution in [1.29, 1.82) is 0 Å². The molecule has 9 heteroatoms. The summed E-state index contributed by atoms with van der Waals surface area (Å²) in [6, 6.07) is 1.56. The van der Waals surface area contributed by atoms with Gasteiger partial charge in [0.25, 0.3) is 0 Å². The third kappa shape index (κ3) is 3.30. The van der Waals surface area contributed by atoms with E-state index in [9.17, 15) is 22.0 Å². The van der Waals surface area contributed by atoms with E-state index in [1.165, 1.54) is 7.11 Å². The van der Waals surface area contributed by atoms with Gasteiger partial charge in [-0.2, -0.15) is 0 Å². The van der Waals surface area contributed by atoms with Crippen molar-refractivity contribution < 1.29 is 26.7 Å². The second-order valence-corrected chi connectivity index (χ2v) is 7.76. The van der Waals surface area contributed by atoms with Crippen molar-refractivity contribution in [2.75, 3.05) is 31.8 Å². The molecule has 1 fully saturated rings. The van der Waals surface area contributed by atoms with E-state index < -0.39 is 37.8 Å². The van der Waals surface area contributed by atoms with Crippen molar-refractivity contribution in [2.24, 2.45) is 0 Å².